The number of rotatable bonds is 4. The molecule has 0 saturated heterocycles. The Labute approximate surface area is 129 Å². The predicted octanol–water partition coefficient (Wildman–Crippen LogP) is 4.13. The maximum absolute atomic E-state index is 11.9. The first-order chi connectivity index (χ1) is 10.7. The topological polar surface area (TPSA) is 35.5 Å². The van der Waals surface area contributed by atoms with Crippen LogP contribution in [0.3, 0.4) is 0 Å². The molecular formula is C19H16O3. The first-order valence-corrected chi connectivity index (χ1v) is 7.10. The van der Waals surface area contributed by atoms with Crippen LogP contribution in [0.25, 0.3) is 10.8 Å². The van der Waals surface area contributed by atoms with Crippen LogP contribution in [0.1, 0.15) is 5.56 Å². The maximum Gasteiger partial charge on any atom is 0.349 e. The number of carbonyl (C=O) groups excluding carboxylic acids is 1. The van der Waals surface area contributed by atoms with Crippen molar-refractivity contribution >= 4 is 16.7 Å². The molecule has 0 aromatic heterocycles. The average molecular weight is 292 g/mol. The molecule has 0 radical (unpaired) electrons. The summed E-state index contributed by atoms with van der Waals surface area (Å²) < 4.78 is 10.8. The zero-order valence-corrected chi connectivity index (χ0v) is 12.3. The van der Waals surface area contributed by atoms with Crippen LogP contribution in [0.4, 0.5) is 0 Å². The lowest BCUT2D eigenvalue weighted by Gasteiger charge is -2.09. The van der Waals surface area contributed by atoms with E-state index in [1.165, 1.54) is 0 Å². The Kier molecular flexibility index (Phi) is 4.05. The second-order valence-corrected chi connectivity index (χ2v) is 5.05. The molecule has 0 bridgehead atoms. The summed E-state index contributed by atoms with van der Waals surface area (Å²) in [5, 5.41) is 2.06. The highest BCUT2D eigenvalue weighted by atomic mass is 16.6. The van der Waals surface area contributed by atoms with Gasteiger partial charge in [-0.25, -0.2) is 4.79 Å². The normalized spacial score (nSPS) is 10.4. The van der Waals surface area contributed by atoms with E-state index in [0.29, 0.717) is 11.5 Å². The molecule has 3 aromatic rings. The van der Waals surface area contributed by atoms with E-state index in [1.807, 2.05) is 61.5 Å². The Morgan fingerprint density at radius 3 is 2.45 bits per heavy atom. The molecule has 0 heterocycles. The predicted molar refractivity (Wildman–Crippen MR) is 86.3 cm³/mol. The Morgan fingerprint density at radius 2 is 1.64 bits per heavy atom. The molecule has 0 atom stereocenters. The summed E-state index contributed by atoms with van der Waals surface area (Å²) in [6.07, 6.45) is 0. The van der Waals surface area contributed by atoms with Gasteiger partial charge in [0.05, 0.1) is 0 Å². The number of benzene rings is 3. The highest BCUT2D eigenvalue weighted by Gasteiger charge is 2.08. The summed E-state index contributed by atoms with van der Waals surface area (Å²) >= 11 is 0. The van der Waals surface area contributed by atoms with Gasteiger partial charge < -0.3 is 9.47 Å². The zero-order chi connectivity index (χ0) is 15.4. The van der Waals surface area contributed by atoms with Crippen LogP contribution in [0.15, 0.2) is 66.7 Å². The van der Waals surface area contributed by atoms with Crippen LogP contribution >= 0.6 is 0 Å². The Balaban J connectivity index is 1.66. The fourth-order valence-electron chi connectivity index (χ4n) is 2.23. The molecular weight excluding hydrogens is 276 g/mol. The Hall–Kier alpha value is -2.81. The number of carbonyl (C=O) groups is 1. The van der Waals surface area contributed by atoms with E-state index in [1.54, 1.807) is 12.1 Å². The van der Waals surface area contributed by atoms with Gasteiger partial charge in [0, 0.05) is 5.39 Å². The third-order valence-corrected chi connectivity index (χ3v) is 3.35. The van der Waals surface area contributed by atoms with Gasteiger partial charge >= 0.3 is 5.97 Å². The van der Waals surface area contributed by atoms with Gasteiger partial charge in [-0.2, -0.15) is 0 Å². The highest BCUT2D eigenvalue weighted by Crippen LogP contribution is 2.25. The van der Waals surface area contributed by atoms with Crippen LogP contribution in [0.2, 0.25) is 0 Å². The minimum atomic E-state index is -0.420. The molecule has 0 aliphatic carbocycles. The SMILES string of the molecule is Cc1ccc(OC(=O)COc2cccc3ccccc23)cc1. The third-order valence-electron chi connectivity index (χ3n) is 3.35. The van der Waals surface area contributed by atoms with Gasteiger partial charge in [-0.15, -0.1) is 0 Å². The van der Waals surface area contributed by atoms with Crippen molar-refractivity contribution in [2.45, 2.75) is 6.92 Å². The average Bonchev–Trinajstić information content (AvgIpc) is 2.55. The van der Waals surface area contributed by atoms with Crippen LogP contribution in [0.5, 0.6) is 11.5 Å². The van der Waals surface area contributed by atoms with Gasteiger partial charge in [0.15, 0.2) is 6.61 Å². The van der Waals surface area contributed by atoms with Crippen LogP contribution in [-0.4, -0.2) is 12.6 Å². The van der Waals surface area contributed by atoms with Crippen LogP contribution in [0, 0.1) is 6.92 Å². The molecule has 3 heteroatoms. The summed E-state index contributed by atoms with van der Waals surface area (Å²) in [4.78, 5) is 11.9. The fraction of sp³-hybridized carbons (Fsp3) is 0.105. The highest BCUT2D eigenvalue weighted by molar-refractivity contribution is 5.88. The van der Waals surface area contributed by atoms with Crippen LogP contribution < -0.4 is 9.47 Å². The van der Waals surface area contributed by atoms with Crippen molar-refractivity contribution in [2.75, 3.05) is 6.61 Å². The van der Waals surface area contributed by atoms with E-state index < -0.39 is 5.97 Å². The molecule has 0 N–H and O–H groups in total. The lowest BCUT2D eigenvalue weighted by atomic mass is 10.1. The molecule has 0 fully saturated rings. The molecule has 3 aromatic carbocycles. The minimum Gasteiger partial charge on any atom is -0.481 e. The van der Waals surface area contributed by atoms with Crippen molar-refractivity contribution in [1.82, 2.24) is 0 Å². The van der Waals surface area contributed by atoms with Crippen molar-refractivity contribution in [2.24, 2.45) is 0 Å². The molecule has 0 aliphatic heterocycles. The van der Waals surface area contributed by atoms with Gasteiger partial charge in [0.2, 0.25) is 0 Å². The zero-order valence-electron chi connectivity index (χ0n) is 12.3. The second-order valence-electron chi connectivity index (χ2n) is 5.05. The molecule has 0 amide bonds. The number of ether oxygens (including phenoxy) is 2. The smallest absolute Gasteiger partial charge is 0.349 e. The van der Waals surface area contributed by atoms with E-state index in [2.05, 4.69) is 0 Å². The first-order valence-electron chi connectivity index (χ1n) is 7.10. The van der Waals surface area contributed by atoms with E-state index in [4.69, 9.17) is 9.47 Å². The molecule has 0 unspecified atom stereocenters. The molecule has 0 aliphatic rings. The monoisotopic (exact) mass is 292 g/mol. The minimum absolute atomic E-state index is 0.123. The number of hydrogen-bond acceptors (Lipinski definition) is 3. The van der Waals surface area contributed by atoms with Crippen molar-refractivity contribution in [3.05, 3.63) is 72.3 Å². The standard InChI is InChI=1S/C19H16O3/c1-14-9-11-16(12-10-14)22-19(20)13-21-18-8-4-6-15-5-2-3-7-17(15)18/h2-12H,13H2,1H3. The summed E-state index contributed by atoms with van der Waals surface area (Å²) in [6.45, 7) is 1.86. The summed E-state index contributed by atoms with van der Waals surface area (Å²) in [5.74, 6) is 0.785. The Bertz CT molecular complexity index is 786. The van der Waals surface area contributed by atoms with E-state index >= 15 is 0 Å². The lowest BCUT2D eigenvalue weighted by Crippen LogP contribution is -2.17. The third kappa shape index (κ3) is 3.26. The van der Waals surface area contributed by atoms with Gasteiger partial charge in [-0.05, 0) is 30.5 Å². The molecule has 0 spiro atoms. The van der Waals surface area contributed by atoms with Crippen molar-refractivity contribution < 1.29 is 14.3 Å². The van der Waals surface area contributed by atoms with E-state index in [-0.39, 0.29) is 6.61 Å². The number of fused-ring (bicyclic) bond motifs is 1. The number of esters is 1. The molecule has 3 nitrogen and oxygen atoms in total. The van der Waals surface area contributed by atoms with Gasteiger partial charge in [-0.1, -0.05) is 54.1 Å². The van der Waals surface area contributed by atoms with Gasteiger partial charge in [0.25, 0.3) is 0 Å². The molecule has 110 valence electrons. The molecule has 3 rings (SSSR count). The number of aryl methyl sites for hydroxylation is 1. The second kappa shape index (κ2) is 6.31. The summed E-state index contributed by atoms with van der Waals surface area (Å²) in [6, 6.07) is 21.0. The largest absolute Gasteiger partial charge is 0.481 e. The van der Waals surface area contributed by atoms with Crippen molar-refractivity contribution in [3.8, 4) is 11.5 Å². The van der Waals surface area contributed by atoms with Gasteiger partial charge in [-0.3, -0.25) is 0 Å². The van der Waals surface area contributed by atoms with Crippen molar-refractivity contribution in [3.63, 3.8) is 0 Å². The lowest BCUT2D eigenvalue weighted by molar-refractivity contribution is -0.136. The first kappa shape index (κ1) is 14.1. The number of hydrogen-bond donors (Lipinski definition) is 0. The van der Waals surface area contributed by atoms with E-state index in [0.717, 1.165) is 16.3 Å². The van der Waals surface area contributed by atoms with Crippen LogP contribution in [-0.2, 0) is 4.79 Å². The summed E-state index contributed by atoms with van der Waals surface area (Å²) in [7, 11) is 0. The fourth-order valence-corrected chi connectivity index (χ4v) is 2.23. The molecule has 22 heavy (non-hydrogen) atoms. The maximum atomic E-state index is 11.9. The Morgan fingerprint density at radius 1 is 0.909 bits per heavy atom. The van der Waals surface area contributed by atoms with E-state index in [9.17, 15) is 4.79 Å². The molecule has 0 saturated carbocycles. The quantitative estimate of drug-likeness (QED) is 0.535. The van der Waals surface area contributed by atoms with Gasteiger partial charge in [0.1, 0.15) is 11.5 Å². The summed E-state index contributed by atoms with van der Waals surface area (Å²) in [5.41, 5.74) is 1.12. The van der Waals surface area contributed by atoms with Crippen molar-refractivity contribution in [1.29, 1.82) is 0 Å².